The lowest BCUT2D eigenvalue weighted by Gasteiger charge is -2.41. The van der Waals surface area contributed by atoms with E-state index in [1.54, 1.807) is 0 Å². The first kappa shape index (κ1) is 17.8. The van der Waals surface area contributed by atoms with Gasteiger partial charge in [-0.1, -0.05) is 60.7 Å². The zero-order valence-corrected chi connectivity index (χ0v) is 16.7. The zero-order valence-electron chi connectivity index (χ0n) is 16.7. The van der Waals surface area contributed by atoms with Gasteiger partial charge in [0.2, 0.25) is 0 Å². The van der Waals surface area contributed by atoms with Crippen molar-refractivity contribution >= 4 is 0 Å². The van der Waals surface area contributed by atoms with Crippen LogP contribution in [0, 0.1) is 5.41 Å². The molecule has 2 aliphatic heterocycles. The Hall–Kier alpha value is -3.22. The molecule has 2 aromatic carbocycles. The van der Waals surface area contributed by atoms with E-state index in [1.807, 2.05) is 50.2 Å². The van der Waals surface area contributed by atoms with Crippen molar-refractivity contribution in [2.45, 2.75) is 38.0 Å². The summed E-state index contributed by atoms with van der Waals surface area (Å²) in [4.78, 5) is 26.0. The molecule has 2 atom stereocenters. The van der Waals surface area contributed by atoms with Crippen LogP contribution in [0.1, 0.15) is 25.0 Å². The minimum absolute atomic E-state index is 0.356. The highest BCUT2D eigenvalue weighted by Gasteiger charge is 2.73. The van der Waals surface area contributed by atoms with E-state index in [2.05, 4.69) is 34.5 Å². The Kier molecular flexibility index (Phi) is 3.48. The molecule has 2 aliphatic rings. The average Bonchev–Trinajstić information content (AvgIpc) is 3.15. The third kappa shape index (κ3) is 2.02. The Balaban J connectivity index is 1.79. The summed E-state index contributed by atoms with van der Waals surface area (Å²) in [6, 6.07) is 20.3. The summed E-state index contributed by atoms with van der Waals surface area (Å²) in [6.45, 7) is 3.86. The van der Waals surface area contributed by atoms with Crippen LogP contribution in [-0.4, -0.2) is 13.9 Å². The van der Waals surface area contributed by atoms with Crippen LogP contribution in [0.25, 0.3) is 0 Å². The molecule has 7 heteroatoms. The Morgan fingerprint density at radius 2 is 1.10 bits per heavy atom. The monoisotopic (exact) mass is 389 g/mol. The first-order chi connectivity index (χ1) is 13.8. The van der Waals surface area contributed by atoms with Crippen LogP contribution in [0.3, 0.4) is 0 Å². The second-order valence-electron chi connectivity index (χ2n) is 8.40. The molecule has 0 radical (unpaired) electrons. The summed E-state index contributed by atoms with van der Waals surface area (Å²) in [5.74, 6) is 0. The summed E-state index contributed by atoms with van der Waals surface area (Å²) in [5.41, 5.74) is -0.992. The van der Waals surface area contributed by atoms with Gasteiger partial charge in [0.15, 0.2) is 11.3 Å². The maximum Gasteiger partial charge on any atom is 0.349 e. The quantitative estimate of drug-likeness (QED) is 0.688. The van der Waals surface area contributed by atoms with Crippen LogP contribution in [0.5, 0.6) is 0 Å². The molecule has 0 saturated carbocycles. The molecule has 0 amide bonds. The number of aromatic nitrogens is 3. The summed E-state index contributed by atoms with van der Waals surface area (Å²) in [7, 11) is 1.51. The molecular formula is C22H23N5O2. The van der Waals surface area contributed by atoms with Crippen molar-refractivity contribution < 1.29 is 0 Å². The molecule has 3 aromatic rings. The number of benzene rings is 2. The molecule has 0 saturated heterocycles. The SMILES string of the molecule is Cn1c(=O)n2n(c1=O)[C@@]1(C)N=N[C@]2(C)C1(Cc1ccccc1)Cc1ccccc1. The minimum atomic E-state index is -0.967. The molecule has 0 N–H and O–H groups in total. The Bertz CT molecular complexity index is 1140. The van der Waals surface area contributed by atoms with Crippen molar-refractivity contribution in [3.8, 4) is 0 Å². The molecule has 1 aromatic heterocycles. The highest BCUT2D eigenvalue weighted by Crippen LogP contribution is 2.63. The predicted molar refractivity (Wildman–Crippen MR) is 109 cm³/mol. The Morgan fingerprint density at radius 1 is 0.724 bits per heavy atom. The van der Waals surface area contributed by atoms with E-state index in [9.17, 15) is 9.59 Å². The number of hydrogen-bond donors (Lipinski definition) is 0. The predicted octanol–water partition coefficient (Wildman–Crippen LogP) is 2.65. The van der Waals surface area contributed by atoms with Gasteiger partial charge in [-0.05, 0) is 37.8 Å². The second-order valence-corrected chi connectivity index (χ2v) is 8.40. The Morgan fingerprint density at radius 3 is 1.48 bits per heavy atom. The smallest absolute Gasteiger partial charge is 0.246 e. The van der Waals surface area contributed by atoms with E-state index in [0.29, 0.717) is 12.8 Å². The van der Waals surface area contributed by atoms with Gasteiger partial charge >= 0.3 is 11.4 Å². The highest BCUT2D eigenvalue weighted by atomic mass is 16.2. The van der Waals surface area contributed by atoms with E-state index in [-0.39, 0.29) is 11.4 Å². The van der Waals surface area contributed by atoms with Crippen molar-refractivity contribution in [3.63, 3.8) is 0 Å². The fraction of sp³-hybridized carbons (Fsp3) is 0.364. The largest absolute Gasteiger partial charge is 0.349 e. The first-order valence-electron chi connectivity index (χ1n) is 9.78. The molecule has 148 valence electrons. The fourth-order valence-corrected chi connectivity index (χ4v) is 5.24. The number of nitrogens with zero attached hydrogens (tertiary/aromatic N) is 5. The highest BCUT2D eigenvalue weighted by molar-refractivity contribution is 5.29. The van der Waals surface area contributed by atoms with Crippen LogP contribution < -0.4 is 11.4 Å². The van der Waals surface area contributed by atoms with Crippen molar-refractivity contribution in [2.75, 3.05) is 0 Å². The molecule has 2 bridgehead atoms. The van der Waals surface area contributed by atoms with E-state index >= 15 is 0 Å². The van der Waals surface area contributed by atoms with Crippen LogP contribution >= 0.6 is 0 Å². The van der Waals surface area contributed by atoms with Crippen LogP contribution in [0.15, 0.2) is 80.5 Å². The summed E-state index contributed by atoms with van der Waals surface area (Å²) in [5, 5.41) is 9.25. The molecule has 0 aliphatic carbocycles. The Labute approximate surface area is 167 Å². The second kappa shape index (κ2) is 5.65. The number of hydrogen-bond acceptors (Lipinski definition) is 4. The fourth-order valence-electron chi connectivity index (χ4n) is 5.24. The normalized spacial score (nSPS) is 26.0. The van der Waals surface area contributed by atoms with Crippen molar-refractivity contribution in [2.24, 2.45) is 22.7 Å². The number of rotatable bonds is 4. The maximum absolute atomic E-state index is 13.0. The number of fused-ring (bicyclic) bond motifs is 5. The summed E-state index contributed by atoms with van der Waals surface area (Å²) in [6.07, 6.45) is 1.28. The van der Waals surface area contributed by atoms with Gasteiger partial charge in [-0.25, -0.2) is 14.2 Å². The van der Waals surface area contributed by atoms with Crippen LogP contribution in [0.4, 0.5) is 0 Å². The third-order valence-corrected chi connectivity index (χ3v) is 6.91. The van der Waals surface area contributed by atoms with Crippen molar-refractivity contribution in [1.82, 2.24) is 13.9 Å². The lowest BCUT2D eigenvalue weighted by Crippen LogP contribution is -2.53. The molecular weight excluding hydrogens is 366 g/mol. The first-order valence-corrected chi connectivity index (χ1v) is 9.78. The van der Waals surface area contributed by atoms with E-state index < -0.39 is 16.7 Å². The summed E-state index contributed by atoms with van der Waals surface area (Å²) >= 11 is 0. The van der Waals surface area contributed by atoms with Gasteiger partial charge < -0.3 is 0 Å². The minimum Gasteiger partial charge on any atom is -0.246 e. The molecule has 3 heterocycles. The lowest BCUT2D eigenvalue weighted by atomic mass is 9.63. The van der Waals surface area contributed by atoms with Gasteiger partial charge in [0.25, 0.3) is 0 Å². The molecule has 7 nitrogen and oxygen atoms in total. The van der Waals surface area contributed by atoms with Crippen LogP contribution in [-0.2, 0) is 31.2 Å². The van der Waals surface area contributed by atoms with Gasteiger partial charge in [0.05, 0.1) is 5.41 Å². The van der Waals surface area contributed by atoms with Gasteiger partial charge in [0, 0.05) is 7.05 Å². The van der Waals surface area contributed by atoms with E-state index in [1.165, 1.54) is 16.4 Å². The lowest BCUT2D eigenvalue weighted by molar-refractivity contribution is 0.0594. The zero-order chi connectivity index (χ0) is 20.4. The third-order valence-electron chi connectivity index (χ3n) is 6.91. The van der Waals surface area contributed by atoms with E-state index in [0.717, 1.165) is 15.7 Å². The molecule has 0 fully saturated rings. The standard InChI is InChI=1S/C22H23N5O2/c1-20-22(14-16-10-6-4-7-11-16,15-17-12-8-5-9-13-17)21(2,24-23-20)27-19(29)25(3)18(28)26(20)27/h4-13H,14-15H2,1-3H3/t20-,21+. The number of azo groups is 1. The molecule has 29 heavy (non-hydrogen) atoms. The van der Waals surface area contributed by atoms with Gasteiger partial charge in [-0.3, -0.25) is 0 Å². The molecule has 5 rings (SSSR count). The van der Waals surface area contributed by atoms with Gasteiger partial charge in [-0.15, -0.1) is 0 Å². The van der Waals surface area contributed by atoms with Crippen molar-refractivity contribution in [1.29, 1.82) is 0 Å². The average molecular weight is 389 g/mol. The van der Waals surface area contributed by atoms with Crippen molar-refractivity contribution in [3.05, 3.63) is 92.8 Å². The molecule has 0 unspecified atom stereocenters. The summed E-state index contributed by atoms with van der Waals surface area (Å²) < 4.78 is 4.18. The van der Waals surface area contributed by atoms with Crippen LogP contribution in [0.2, 0.25) is 0 Å². The van der Waals surface area contributed by atoms with Gasteiger partial charge in [-0.2, -0.15) is 19.6 Å². The molecule has 0 spiro atoms. The maximum atomic E-state index is 13.0. The topological polar surface area (TPSA) is 73.7 Å². The van der Waals surface area contributed by atoms with E-state index in [4.69, 9.17) is 0 Å². The van der Waals surface area contributed by atoms with Gasteiger partial charge in [0.1, 0.15) is 0 Å².